The van der Waals surface area contributed by atoms with Crippen molar-refractivity contribution in [1.82, 2.24) is 40.0 Å². The molecule has 2 aromatic carbocycles. The van der Waals surface area contributed by atoms with Crippen LogP contribution in [0.25, 0.3) is 11.4 Å². The number of aromatic amines is 2. The first-order valence-corrected chi connectivity index (χ1v) is 17.5. The van der Waals surface area contributed by atoms with E-state index in [1.165, 1.54) is 25.7 Å². The molecule has 266 valence electrons. The normalized spacial score (nSPS) is 14.6. The number of hydrogen-bond donors (Lipinski definition) is 4. The molecule has 0 aliphatic heterocycles. The molecule has 0 spiro atoms. The highest BCUT2D eigenvalue weighted by molar-refractivity contribution is 5.95. The van der Waals surface area contributed by atoms with E-state index in [-0.39, 0.29) is 23.7 Å². The van der Waals surface area contributed by atoms with Crippen LogP contribution >= 0.6 is 0 Å². The Labute approximate surface area is 305 Å². The maximum absolute atomic E-state index is 12.6. The van der Waals surface area contributed by atoms with E-state index < -0.39 is 0 Å². The Hall–Kier alpha value is -6.80. The van der Waals surface area contributed by atoms with Crippen LogP contribution in [-0.4, -0.2) is 51.8 Å². The lowest BCUT2D eigenvalue weighted by atomic mass is 10.0. The summed E-state index contributed by atoms with van der Waals surface area (Å²) in [4.78, 5) is 25.1. The number of anilines is 2. The number of aryl methyl sites for hydroxylation is 1. The minimum absolute atomic E-state index is 0.127. The Morgan fingerprint density at radius 2 is 1.21 bits per heavy atom. The average molecular weight is 707 g/mol. The first-order valence-electron chi connectivity index (χ1n) is 17.5. The third kappa shape index (κ3) is 8.24. The first kappa shape index (κ1) is 34.6. The summed E-state index contributed by atoms with van der Waals surface area (Å²) < 4.78 is 3.38. The summed E-state index contributed by atoms with van der Waals surface area (Å²) >= 11 is 0. The predicted molar refractivity (Wildman–Crippen MR) is 197 cm³/mol. The van der Waals surface area contributed by atoms with Gasteiger partial charge in [0.1, 0.15) is 0 Å². The largest absolute Gasteiger partial charge is 0.309 e. The van der Waals surface area contributed by atoms with Gasteiger partial charge in [-0.25, -0.2) is 9.36 Å². The van der Waals surface area contributed by atoms with Crippen LogP contribution in [0, 0.1) is 29.6 Å². The van der Waals surface area contributed by atoms with E-state index in [4.69, 9.17) is 10.5 Å². The Kier molecular flexibility index (Phi) is 9.68. The zero-order valence-corrected chi connectivity index (χ0v) is 29.5. The van der Waals surface area contributed by atoms with Gasteiger partial charge >= 0.3 is 0 Å². The van der Waals surface area contributed by atoms with E-state index in [0.717, 1.165) is 39.5 Å². The third-order valence-electron chi connectivity index (χ3n) is 9.44. The number of benzene rings is 2. The van der Waals surface area contributed by atoms with Gasteiger partial charge in [0.2, 0.25) is 11.8 Å². The van der Waals surface area contributed by atoms with Gasteiger partial charge in [-0.2, -0.15) is 30.9 Å². The maximum atomic E-state index is 12.6. The van der Waals surface area contributed by atoms with Crippen molar-refractivity contribution < 1.29 is 9.59 Å². The number of carbonyl (C=O) groups excluding carboxylic acids is 2. The van der Waals surface area contributed by atoms with Crippen molar-refractivity contribution in [3.05, 3.63) is 119 Å². The molecule has 2 amide bonds. The highest BCUT2D eigenvalue weighted by Crippen LogP contribution is 2.40. The average Bonchev–Trinajstić information content (AvgIpc) is 3.94. The molecular weight excluding hydrogens is 669 g/mol. The molecule has 8 rings (SSSR count). The van der Waals surface area contributed by atoms with Gasteiger partial charge in [-0.15, -0.1) is 0 Å². The number of rotatable bonds is 10. The molecule has 4 heterocycles. The van der Waals surface area contributed by atoms with E-state index in [1.54, 1.807) is 40.0 Å². The van der Waals surface area contributed by atoms with Crippen LogP contribution in [0.4, 0.5) is 11.6 Å². The van der Waals surface area contributed by atoms with Crippen LogP contribution in [-0.2, 0) is 9.59 Å². The minimum Gasteiger partial charge on any atom is -0.309 e. The summed E-state index contributed by atoms with van der Waals surface area (Å²) in [5.41, 5.74) is 7.57. The molecule has 2 aliphatic rings. The molecule has 14 heteroatoms. The number of carbonyl (C=O) groups is 2. The van der Waals surface area contributed by atoms with Crippen LogP contribution in [0.15, 0.2) is 79.4 Å². The summed E-state index contributed by atoms with van der Waals surface area (Å²) in [5, 5.41) is 46.7. The van der Waals surface area contributed by atoms with Crippen LogP contribution < -0.4 is 10.6 Å². The van der Waals surface area contributed by atoms with E-state index >= 15 is 0 Å². The molecule has 2 saturated carbocycles. The van der Waals surface area contributed by atoms with Gasteiger partial charge in [-0.3, -0.25) is 19.8 Å². The fourth-order valence-corrected chi connectivity index (χ4v) is 5.83. The number of amides is 2. The van der Waals surface area contributed by atoms with Gasteiger partial charge in [0.25, 0.3) is 0 Å². The highest BCUT2D eigenvalue weighted by atomic mass is 16.2. The number of aromatic nitrogens is 8. The maximum Gasteiger partial charge on any atom is 0.232 e. The molecule has 2 unspecified atom stereocenters. The first-order chi connectivity index (χ1) is 25.7. The molecule has 4 aromatic heterocycles. The van der Waals surface area contributed by atoms with Crippen molar-refractivity contribution in [2.45, 2.75) is 70.1 Å². The molecular formula is C39H38N12O2. The Morgan fingerprint density at radius 3 is 1.68 bits per heavy atom. The monoisotopic (exact) mass is 706 g/mol. The van der Waals surface area contributed by atoms with Crippen molar-refractivity contribution in [2.75, 3.05) is 10.6 Å². The summed E-state index contributed by atoms with van der Waals surface area (Å²) in [7, 11) is 0. The lowest BCUT2D eigenvalue weighted by molar-refractivity contribution is -0.118. The third-order valence-corrected chi connectivity index (χ3v) is 9.44. The van der Waals surface area contributed by atoms with Gasteiger partial charge in [0.15, 0.2) is 11.6 Å². The molecule has 4 N–H and O–H groups in total. The van der Waals surface area contributed by atoms with Crippen LogP contribution in [0.1, 0.15) is 102 Å². The summed E-state index contributed by atoms with van der Waals surface area (Å²) in [5.74, 6) is 1.25. The smallest absolute Gasteiger partial charge is 0.232 e. The van der Waals surface area contributed by atoms with E-state index in [9.17, 15) is 9.59 Å². The number of nitrogens with one attached hydrogen (secondary N) is 4. The number of H-pyrrole nitrogens is 2. The van der Waals surface area contributed by atoms with Gasteiger partial charge in [-0.1, -0.05) is 0 Å². The second-order valence-corrected chi connectivity index (χ2v) is 13.7. The standard InChI is InChI=1S/C20H20N6O.C19H18N6O/c1-12-5-14(9-21)7-17(6-12)26-11-16(10-22-26)13(2)20(27)23-19-8-18(24-25-19)15-3-4-15;1-12(19(26)22-18-8-17(23-24-18)14-4-5-14)15-10-21-25(11-15)16-6-2-13(9-20)3-7-16/h5-8,10-11,13,15H,3-4H2,1-2H3,(H2,23,24,25,27);2-3,6-8,10-12,14H,4-5H2,1H3,(H2,22,23,24,26). The van der Waals surface area contributed by atoms with Gasteiger partial charge in [-0.05, 0) is 94.5 Å². The molecule has 0 saturated heterocycles. The minimum atomic E-state index is -0.375. The Balaban J connectivity index is 0.000000164. The Morgan fingerprint density at radius 1 is 0.717 bits per heavy atom. The van der Waals surface area contributed by atoms with E-state index in [2.05, 4.69) is 53.4 Å². The fraction of sp³-hybridized carbons (Fsp3) is 0.282. The van der Waals surface area contributed by atoms with Crippen molar-refractivity contribution in [3.8, 4) is 23.5 Å². The van der Waals surface area contributed by atoms with Crippen molar-refractivity contribution >= 4 is 23.5 Å². The molecule has 2 fully saturated rings. The van der Waals surface area contributed by atoms with Gasteiger partial charge in [0, 0.05) is 58.9 Å². The van der Waals surface area contributed by atoms with Crippen molar-refractivity contribution in [2.24, 2.45) is 0 Å². The fourth-order valence-electron chi connectivity index (χ4n) is 5.83. The van der Waals surface area contributed by atoms with Gasteiger partial charge in [0.05, 0.1) is 58.9 Å². The molecule has 53 heavy (non-hydrogen) atoms. The van der Waals surface area contributed by atoms with Crippen LogP contribution in [0.2, 0.25) is 0 Å². The quantitative estimate of drug-likeness (QED) is 0.124. The molecule has 0 radical (unpaired) electrons. The van der Waals surface area contributed by atoms with Gasteiger partial charge < -0.3 is 10.6 Å². The second kappa shape index (κ2) is 14.8. The second-order valence-electron chi connectivity index (χ2n) is 13.7. The van der Waals surface area contributed by atoms with Crippen LogP contribution in [0.3, 0.4) is 0 Å². The van der Waals surface area contributed by atoms with E-state index in [0.29, 0.717) is 34.6 Å². The predicted octanol–water partition coefficient (Wildman–Crippen LogP) is 6.48. The molecule has 2 atom stereocenters. The molecule has 2 aliphatic carbocycles. The lowest BCUT2D eigenvalue weighted by Gasteiger charge is -2.08. The summed E-state index contributed by atoms with van der Waals surface area (Å²) in [6, 6.07) is 20.7. The molecule has 0 bridgehead atoms. The van der Waals surface area contributed by atoms with Crippen LogP contribution in [0.5, 0.6) is 0 Å². The topological polar surface area (TPSA) is 199 Å². The van der Waals surface area contributed by atoms with Crippen molar-refractivity contribution in [1.29, 1.82) is 10.5 Å². The Bertz CT molecular complexity index is 2340. The summed E-state index contributed by atoms with van der Waals surface area (Å²) in [6.45, 7) is 5.61. The number of nitriles is 2. The van der Waals surface area contributed by atoms with E-state index in [1.807, 2.05) is 69.6 Å². The lowest BCUT2D eigenvalue weighted by Crippen LogP contribution is -2.18. The number of nitrogens with zero attached hydrogens (tertiary/aromatic N) is 8. The molecule has 14 nitrogen and oxygen atoms in total. The molecule has 6 aromatic rings. The SMILES string of the molecule is CC(C(=O)Nc1cc(C2CC2)[nH]n1)c1cnn(-c2ccc(C#N)cc2)c1.Cc1cc(C#N)cc(-n2cc(C(C)C(=O)Nc3cc(C4CC4)[nH]n3)cn2)c1. The number of hydrogen-bond acceptors (Lipinski definition) is 8. The highest BCUT2D eigenvalue weighted by Gasteiger charge is 2.27. The van der Waals surface area contributed by atoms with Crippen molar-refractivity contribution in [3.63, 3.8) is 0 Å². The zero-order chi connectivity index (χ0) is 37.1. The zero-order valence-electron chi connectivity index (χ0n) is 29.5. The summed E-state index contributed by atoms with van der Waals surface area (Å²) in [6.07, 6.45) is 11.7.